The summed E-state index contributed by atoms with van der Waals surface area (Å²) in [5, 5.41) is 9.07. The van der Waals surface area contributed by atoms with Crippen LogP contribution in [0.15, 0.2) is 18.2 Å². The third kappa shape index (κ3) is 3.47. The molecule has 0 amide bonds. The van der Waals surface area contributed by atoms with E-state index in [1.165, 1.54) is 11.1 Å². The molecule has 1 atom stereocenters. The van der Waals surface area contributed by atoms with Crippen LogP contribution in [0.3, 0.4) is 0 Å². The Morgan fingerprint density at radius 3 is 3.00 bits per heavy atom. The molecule has 1 unspecified atom stereocenters. The monoisotopic (exact) mass is 263 g/mol. The number of carboxylic acid groups (broad SMARTS) is 1. The Bertz CT molecular complexity index is 459. The highest BCUT2D eigenvalue weighted by Gasteiger charge is 2.18. The molecule has 1 N–H and O–H groups in total. The number of hydrogen-bond donors (Lipinski definition) is 1. The van der Waals surface area contributed by atoms with E-state index in [1.807, 2.05) is 20.0 Å². The normalized spacial score (nSPS) is 15.1. The summed E-state index contributed by atoms with van der Waals surface area (Å²) in [6.45, 7) is 4.04. The van der Waals surface area contributed by atoms with Crippen molar-refractivity contribution in [2.24, 2.45) is 5.92 Å². The van der Waals surface area contributed by atoms with Crippen molar-refractivity contribution >= 4 is 5.97 Å². The molecule has 0 fully saturated rings. The number of ether oxygens (including phenoxy) is 1. The summed E-state index contributed by atoms with van der Waals surface area (Å²) < 4.78 is 5.48. The van der Waals surface area contributed by atoms with E-state index in [2.05, 4.69) is 17.0 Å². The zero-order valence-electron chi connectivity index (χ0n) is 11.6. The van der Waals surface area contributed by atoms with E-state index in [0.717, 1.165) is 25.3 Å². The van der Waals surface area contributed by atoms with Crippen LogP contribution in [0.1, 0.15) is 24.5 Å². The largest absolute Gasteiger partial charge is 0.493 e. The summed E-state index contributed by atoms with van der Waals surface area (Å²) >= 11 is 0. The van der Waals surface area contributed by atoms with Crippen LogP contribution >= 0.6 is 0 Å². The van der Waals surface area contributed by atoms with Crippen molar-refractivity contribution in [3.8, 4) is 5.75 Å². The van der Waals surface area contributed by atoms with E-state index >= 15 is 0 Å². The Hall–Kier alpha value is -1.55. The van der Waals surface area contributed by atoms with Gasteiger partial charge in [0.1, 0.15) is 5.75 Å². The Balaban J connectivity index is 1.95. The van der Waals surface area contributed by atoms with Crippen molar-refractivity contribution in [2.45, 2.75) is 26.3 Å². The lowest BCUT2D eigenvalue weighted by Gasteiger charge is -2.20. The first-order valence-corrected chi connectivity index (χ1v) is 6.76. The Morgan fingerprint density at radius 2 is 2.32 bits per heavy atom. The van der Waals surface area contributed by atoms with Gasteiger partial charge in [-0.25, -0.2) is 0 Å². The predicted octanol–water partition coefficient (Wildman–Crippen LogP) is 2.16. The van der Waals surface area contributed by atoms with Crippen LogP contribution in [0.2, 0.25) is 0 Å². The van der Waals surface area contributed by atoms with Gasteiger partial charge in [0.2, 0.25) is 0 Å². The van der Waals surface area contributed by atoms with Gasteiger partial charge >= 0.3 is 5.97 Å². The fourth-order valence-electron chi connectivity index (χ4n) is 2.47. The second-order valence-corrected chi connectivity index (χ2v) is 5.18. The van der Waals surface area contributed by atoms with E-state index < -0.39 is 5.97 Å². The number of carboxylic acids is 1. The van der Waals surface area contributed by atoms with Gasteiger partial charge < -0.3 is 14.7 Å². The molecule has 0 saturated heterocycles. The predicted molar refractivity (Wildman–Crippen MR) is 73.4 cm³/mol. The Labute approximate surface area is 114 Å². The van der Waals surface area contributed by atoms with Crippen LogP contribution in [0.25, 0.3) is 0 Å². The van der Waals surface area contributed by atoms with E-state index in [-0.39, 0.29) is 5.92 Å². The van der Waals surface area contributed by atoms with Crippen molar-refractivity contribution in [1.82, 2.24) is 4.90 Å². The maximum Gasteiger partial charge on any atom is 0.307 e. The molecule has 0 saturated carbocycles. The third-order valence-corrected chi connectivity index (χ3v) is 3.58. The number of nitrogens with zero attached hydrogens (tertiary/aromatic N) is 1. The van der Waals surface area contributed by atoms with Gasteiger partial charge in [0, 0.05) is 19.5 Å². The molecule has 0 aliphatic carbocycles. The molecule has 0 spiro atoms. The van der Waals surface area contributed by atoms with Gasteiger partial charge in [0.25, 0.3) is 0 Å². The van der Waals surface area contributed by atoms with Gasteiger partial charge in [0.15, 0.2) is 0 Å². The molecule has 1 aliphatic heterocycles. The lowest BCUT2D eigenvalue weighted by atomic mass is 10.1. The van der Waals surface area contributed by atoms with Crippen molar-refractivity contribution in [3.63, 3.8) is 0 Å². The minimum absolute atomic E-state index is 0.289. The topological polar surface area (TPSA) is 49.8 Å². The van der Waals surface area contributed by atoms with Gasteiger partial charge in [-0.1, -0.05) is 19.1 Å². The van der Waals surface area contributed by atoms with Crippen LogP contribution in [0.4, 0.5) is 0 Å². The second-order valence-electron chi connectivity index (χ2n) is 5.18. The smallest absolute Gasteiger partial charge is 0.307 e. The van der Waals surface area contributed by atoms with Crippen molar-refractivity contribution in [1.29, 1.82) is 0 Å². The van der Waals surface area contributed by atoms with Gasteiger partial charge in [0.05, 0.1) is 12.5 Å². The first-order valence-electron chi connectivity index (χ1n) is 6.76. The number of benzene rings is 1. The lowest BCUT2D eigenvalue weighted by Crippen LogP contribution is -2.29. The maximum absolute atomic E-state index is 11.0. The number of rotatable bonds is 6. The van der Waals surface area contributed by atoms with Crippen LogP contribution in [0.5, 0.6) is 5.75 Å². The van der Waals surface area contributed by atoms with Gasteiger partial charge in [-0.2, -0.15) is 0 Å². The molecule has 0 radical (unpaired) electrons. The van der Waals surface area contributed by atoms with E-state index in [9.17, 15) is 4.79 Å². The second kappa shape index (κ2) is 6.06. The van der Waals surface area contributed by atoms with Crippen LogP contribution in [-0.4, -0.2) is 36.2 Å². The summed E-state index contributed by atoms with van der Waals surface area (Å²) in [4.78, 5) is 13.1. The Morgan fingerprint density at radius 1 is 1.53 bits per heavy atom. The highest BCUT2D eigenvalue weighted by atomic mass is 16.5. The van der Waals surface area contributed by atoms with E-state index in [4.69, 9.17) is 9.84 Å². The highest BCUT2D eigenvalue weighted by molar-refractivity contribution is 5.70. The number of hydrogen-bond acceptors (Lipinski definition) is 3. The van der Waals surface area contributed by atoms with Crippen LogP contribution in [0, 0.1) is 5.92 Å². The first-order chi connectivity index (χ1) is 9.10. The molecular formula is C15H21NO3. The molecule has 104 valence electrons. The average molecular weight is 263 g/mol. The summed E-state index contributed by atoms with van der Waals surface area (Å²) in [6.07, 6.45) is 1.64. The molecule has 0 bridgehead atoms. The van der Waals surface area contributed by atoms with Crippen molar-refractivity contribution in [3.05, 3.63) is 29.3 Å². The SMILES string of the molecule is CCC(CN(C)Cc1ccc2c(c1)CCO2)C(=O)O. The quantitative estimate of drug-likeness (QED) is 0.854. The standard InChI is InChI=1S/C15H21NO3/c1-3-12(15(17)18)10-16(2)9-11-4-5-14-13(8-11)6-7-19-14/h4-5,8,12H,3,6-7,9-10H2,1-2H3,(H,17,18). The van der Waals surface area contributed by atoms with Crippen LogP contribution in [-0.2, 0) is 17.8 Å². The molecule has 0 aromatic heterocycles. The molecule has 19 heavy (non-hydrogen) atoms. The third-order valence-electron chi connectivity index (χ3n) is 3.58. The number of carbonyl (C=O) groups is 1. The summed E-state index contributed by atoms with van der Waals surface area (Å²) in [5.74, 6) is -0.0113. The zero-order valence-corrected chi connectivity index (χ0v) is 11.6. The summed E-state index contributed by atoms with van der Waals surface area (Å²) in [5.41, 5.74) is 2.48. The lowest BCUT2D eigenvalue weighted by molar-refractivity contribution is -0.142. The molecule has 1 heterocycles. The summed E-state index contributed by atoms with van der Waals surface area (Å²) in [6, 6.07) is 6.24. The molecule has 1 aromatic carbocycles. The maximum atomic E-state index is 11.0. The number of fused-ring (bicyclic) bond motifs is 1. The molecule has 1 aromatic rings. The number of aliphatic carboxylic acids is 1. The molecular weight excluding hydrogens is 242 g/mol. The Kier molecular flexibility index (Phi) is 4.43. The van der Waals surface area contributed by atoms with Crippen molar-refractivity contribution < 1.29 is 14.6 Å². The van der Waals surface area contributed by atoms with E-state index in [1.54, 1.807) is 0 Å². The highest BCUT2D eigenvalue weighted by Crippen LogP contribution is 2.26. The van der Waals surface area contributed by atoms with Crippen LogP contribution < -0.4 is 4.74 Å². The molecule has 4 heteroatoms. The summed E-state index contributed by atoms with van der Waals surface area (Å²) in [7, 11) is 1.97. The van der Waals surface area contributed by atoms with Crippen molar-refractivity contribution in [2.75, 3.05) is 20.2 Å². The van der Waals surface area contributed by atoms with E-state index in [0.29, 0.717) is 13.0 Å². The zero-order chi connectivity index (χ0) is 13.8. The molecule has 2 rings (SSSR count). The van der Waals surface area contributed by atoms with Gasteiger partial charge in [-0.05, 0) is 30.7 Å². The fraction of sp³-hybridized carbons (Fsp3) is 0.533. The first kappa shape index (κ1) is 13.9. The molecule has 1 aliphatic rings. The average Bonchev–Trinajstić information content (AvgIpc) is 2.82. The molecule has 4 nitrogen and oxygen atoms in total. The minimum atomic E-state index is -0.711. The van der Waals surface area contributed by atoms with Gasteiger partial charge in [-0.3, -0.25) is 4.79 Å². The van der Waals surface area contributed by atoms with Gasteiger partial charge in [-0.15, -0.1) is 0 Å². The fourth-order valence-corrected chi connectivity index (χ4v) is 2.47. The minimum Gasteiger partial charge on any atom is -0.493 e.